The number of aryl methyl sites for hydroxylation is 2. The lowest BCUT2D eigenvalue weighted by molar-refractivity contribution is 0.0903. The van der Waals surface area contributed by atoms with E-state index in [9.17, 15) is 9.59 Å². The van der Waals surface area contributed by atoms with Crippen LogP contribution in [-0.2, 0) is 17.8 Å². The average Bonchev–Trinajstić information content (AvgIpc) is 2.85. The number of rotatable bonds is 7. The van der Waals surface area contributed by atoms with E-state index in [-0.39, 0.29) is 18.0 Å². The molecule has 4 rings (SSSR count). The topological polar surface area (TPSA) is 109 Å². The van der Waals surface area contributed by atoms with Gasteiger partial charge in [0.15, 0.2) is 0 Å². The van der Waals surface area contributed by atoms with Crippen molar-refractivity contribution in [3.05, 3.63) is 86.3 Å². The molecule has 0 unspecified atom stereocenters. The Morgan fingerprint density at radius 2 is 1.77 bits per heavy atom. The number of benzene rings is 2. The molecule has 3 aromatic rings. The number of carbonyl (C=O) groups is 1. The smallest absolute Gasteiger partial charge is 0.253 e. The first-order valence-corrected chi connectivity index (χ1v) is 12.1. The molecule has 1 fully saturated rings. The van der Waals surface area contributed by atoms with Gasteiger partial charge in [-0.1, -0.05) is 24.3 Å². The molecule has 0 spiro atoms. The second-order valence-electron chi connectivity index (χ2n) is 9.25. The highest BCUT2D eigenvalue weighted by Gasteiger charge is 2.19. The van der Waals surface area contributed by atoms with Crippen LogP contribution in [-0.4, -0.2) is 30.1 Å². The largest absolute Gasteiger partial charge is 0.382 e. The zero-order valence-corrected chi connectivity index (χ0v) is 20.7. The zero-order chi connectivity index (χ0) is 24.9. The summed E-state index contributed by atoms with van der Waals surface area (Å²) in [6.07, 6.45) is 1.84. The summed E-state index contributed by atoms with van der Waals surface area (Å²) in [4.78, 5) is 28.6. The molecule has 0 bridgehead atoms. The highest BCUT2D eigenvalue weighted by Crippen LogP contribution is 2.30. The van der Waals surface area contributed by atoms with Crippen LogP contribution in [0.2, 0.25) is 0 Å². The van der Waals surface area contributed by atoms with E-state index in [0.29, 0.717) is 23.7 Å². The first kappa shape index (κ1) is 24.7. The Kier molecular flexibility index (Phi) is 7.68. The Bertz CT molecular complexity index is 1260. The summed E-state index contributed by atoms with van der Waals surface area (Å²) >= 11 is 0. The summed E-state index contributed by atoms with van der Waals surface area (Å²) in [6.45, 7) is 7.80. The number of amides is 1. The molecule has 0 saturated carbocycles. The summed E-state index contributed by atoms with van der Waals surface area (Å²) in [5, 5.41) is 6.60. The highest BCUT2D eigenvalue weighted by atomic mass is 16.5. The summed E-state index contributed by atoms with van der Waals surface area (Å²) in [6, 6.07) is 14.3. The SMILES string of the molecule is Cc1cc(C)c(CNC(=O)c2cc(-c3ccc(CN)cc3)cc(NC3CCOCC3)c2C)c(=O)[nH]1. The number of carbonyl (C=O) groups excluding carboxylic acids is 1. The van der Waals surface area contributed by atoms with Crippen molar-refractivity contribution in [3.63, 3.8) is 0 Å². The van der Waals surface area contributed by atoms with Gasteiger partial charge in [-0.05, 0) is 79.6 Å². The van der Waals surface area contributed by atoms with Crippen molar-refractivity contribution in [2.24, 2.45) is 5.73 Å². The third-order valence-corrected chi connectivity index (χ3v) is 6.68. The van der Waals surface area contributed by atoms with Gasteiger partial charge >= 0.3 is 0 Å². The van der Waals surface area contributed by atoms with Gasteiger partial charge in [0.25, 0.3) is 11.5 Å². The lowest BCUT2D eigenvalue weighted by atomic mass is 9.96. The van der Waals surface area contributed by atoms with E-state index in [2.05, 4.69) is 21.7 Å². The van der Waals surface area contributed by atoms with Gasteiger partial charge in [-0.15, -0.1) is 0 Å². The van der Waals surface area contributed by atoms with Gasteiger partial charge in [0.2, 0.25) is 0 Å². The quantitative estimate of drug-likeness (QED) is 0.415. The van der Waals surface area contributed by atoms with E-state index < -0.39 is 0 Å². The fraction of sp³-hybridized carbons (Fsp3) is 0.357. The first-order valence-electron chi connectivity index (χ1n) is 12.1. The number of nitrogens with one attached hydrogen (secondary N) is 3. The number of hydrogen-bond acceptors (Lipinski definition) is 5. The van der Waals surface area contributed by atoms with Gasteiger partial charge in [-0.25, -0.2) is 0 Å². The molecule has 1 amide bonds. The van der Waals surface area contributed by atoms with Crippen molar-refractivity contribution in [3.8, 4) is 11.1 Å². The summed E-state index contributed by atoms with van der Waals surface area (Å²) in [5.74, 6) is -0.211. The second-order valence-corrected chi connectivity index (χ2v) is 9.25. The molecule has 1 saturated heterocycles. The minimum Gasteiger partial charge on any atom is -0.382 e. The molecule has 0 atom stereocenters. The van der Waals surface area contributed by atoms with Crippen molar-refractivity contribution in [2.75, 3.05) is 18.5 Å². The van der Waals surface area contributed by atoms with Gasteiger partial charge in [-0.3, -0.25) is 9.59 Å². The number of hydrogen-bond donors (Lipinski definition) is 4. The minimum atomic E-state index is -0.211. The molecule has 7 heteroatoms. The fourth-order valence-corrected chi connectivity index (χ4v) is 4.53. The molecule has 2 heterocycles. The number of aromatic amines is 1. The Hall–Kier alpha value is -3.42. The molecule has 7 nitrogen and oxygen atoms in total. The van der Waals surface area contributed by atoms with E-state index in [1.807, 2.05) is 57.2 Å². The number of anilines is 1. The first-order chi connectivity index (χ1) is 16.9. The molecule has 35 heavy (non-hydrogen) atoms. The molecule has 0 radical (unpaired) electrons. The van der Waals surface area contributed by atoms with Crippen LogP contribution in [0.1, 0.15) is 51.1 Å². The summed E-state index contributed by atoms with van der Waals surface area (Å²) < 4.78 is 5.50. The molecule has 1 aliphatic heterocycles. The van der Waals surface area contributed by atoms with E-state index >= 15 is 0 Å². The third kappa shape index (κ3) is 5.81. The number of pyridine rings is 1. The average molecular weight is 475 g/mol. The van der Waals surface area contributed by atoms with Crippen LogP contribution < -0.4 is 21.9 Å². The van der Waals surface area contributed by atoms with Crippen molar-refractivity contribution < 1.29 is 9.53 Å². The monoisotopic (exact) mass is 474 g/mol. The maximum absolute atomic E-state index is 13.4. The lowest BCUT2D eigenvalue weighted by Crippen LogP contribution is -2.30. The highest BCUT2D eigenvalue weighted by molar-refractivity contribution is 5.98. The molecular formula is C28H34N4O3. The van der Waals surface area contributed by atoms with E-state index in [1.54, 1.807) is 0 Å². The number of H-pyrrole nitrogens is 1. The molecule has 184 valence electrons. The van der Waals surface area contributed by atoms with Crippen LogP contribution in [0.25, 0.3) is 11.1 Å². The van der Waals surface area contributed by atoms with Gasteiger partial charge in [0.1, 0.15) is 0 Å². The van der Waals surface area contributed by atoms with Gasteiger partial charge in [-0.2, -0.15) is 0 Å². The van der Waals surface area contributed by atoms with Crippen molar-refractivity contribution in [1.82, 2.24) is 10.3 Å². The zero-order valence-electron chi connectivity index (χ0n) is 20.7. The maximum atomic E-state index is 13.4. The Balaban J connectivity index is 1.66. The summed E-state index contributed by atoms with van der Waals surface area (Å²) in [5.41, 5.74) is 13.2. The molecule has 1 aliphatic rings. The molecule has 5 N–H and O–H groups in total. The van der Waals surface area contributed by atoms with Crippen molar-refractivity contribution in [2.45, 2.75) is 52.7 Å². The van der Waals surface area contributed by atoms with Crippen molar-refractivity contribution >= 4 is 11.6 Å². The molecular weight excluding hydrogens is 440 g/mol. The van der Waals surface area contributed by atoms with E-state index in [1.165, 1.54) is 0 Å². The van der Waals surface area contributed by atoms with Crippen LogP contribution in [0.5, 0.6) is 0 Å². The van der Waals surface area contributed by atoms with Crippen LogP contribution in [0, 0.1) is 20.8 Å². The second kappa shape index (κ2) is 10.9. The predicted molar refractivity (Wildman–Crippen MR) is 140 cm³/mol. The van der Waals surface area contributed by atoms with Gasteiger partial charge < -0.3 is 26.1 Å². The van der Waals surface area contributed by atoms with E-state index in [0.717, 1.165) is 65.3 Å². The van der Waals surface area contributed by atoms with Crippen LogP contribution in [0.3, 0.4) is 0 Å². The van der Waals surface area contributed by atoms with Crippen LogP contribution in [0.15, 0.2) is 47.3 Å². The Morgan fingerprint density at radius 1 is 1.06 bits per heavy atom. The number of ether oxygens (including phenoxy) is 1. The van der Waals surface area contributed by atoms with Gasteiger partial charge in [0, 0.05) is 54.9 Å². The van der Waals surface area contributed by atoms with Crippen molar-refractivity contribution in [1.29, 1.82) is 0 Å². The van der Waals surface area contributed by atoms with E-state index in [4.69, 9.17) is 10.5 Å². The Morgan fingerprint density at radius 3 is 2.43 bits per heavy atom. The standard InChI is InChI=1S/C28H34N4O3/c1-17-12-18(2)31-28(34)25(17)16-30-27(33)24-13-22(21-6-4-20(15-29)5-7-21)14-26(19(24)3)32-23-8-10-35-11-9-23/h4-7,12-14,23,32H,8-11,15-16,29H2,1-3H3,(H,30,33)(H,31,34). The predicted octanol–water partition coefficient (Wildman–Crippen LogP) is 3.95. The fourth-order valence-electron chi connectivity index (χ4n) is 4.53. The molecule has 0 aliphatic carbocycles. The minimum absolute atomic E-state index is 0.165. The van der Waals surface area contributed by atoms with Gasteiger partial charge in [0.05, 0.1) is 0 Å². The maximum Gasteiger partial charge on any atom is 0.253 e. The van der Waals surface area contributed by atoms with Crippen LogP contribution >= 0.6 is 0 Å². The number of aromatic nitrogens is 1. The van der Waals surface area contributed by atoms with Crippen LogP contribution in [0.4, 0.5) is 5.69 Å². The summed E-state index contributed by atoms with van der Waals surface area (Å²) in [7, 11) is 0. The molecule has 2 aromatic carbocycles. The molecule has 1 aromatic heterocycles. The third-order valence-electron chi connectivity index (χ3n) is 6.68. The normalized spacial score (nSPS) is 14.1. The number of nitrogens with two attached hydrogens (primary N) is 1. The lowest BCUT2D eigenvalue weighted by Gasteiger charge is -2.26. The Labute approximate surface area is 206 Å².